The van der Waals surface area contributed by atoms with Crippen LogP contribution in [0.1, 0.15) is 58.2 Å². The first-order valence-electron chi connectivity index (χ1n) is 11.3. The molecule has 1 fully saturated rings. The van der Waals surface area contributed by atoms with Crippen molar-refractivity contribution in [1.82, 2.24) is 9.55 Å². The van der Waals surface area contributed by atoms with Crippen molar-refractivity contribution in [2.45, 2.75) is 89.9 Å². The molecule has 1 saturated heterocycles. The molecule has 0 radical (unpaired) electrons. The number of aromatic amines is 1. The van der Waals surface area contributed by atoms with Crippen LogP contribution in [0.2, 0.25) is 18.1 Å². The van der Waals surface area contributed by atoms with E-state index in [-0.39, 0.29) is 18.1 Å². The molecule has 0 aliphatic carbocycles. The van der Waals surface area contributed by atoms with Crippen LogP contribution in [0.4, 0.5) is 0 Å². The molecule has 0 saturated carbocycles. The summed E-state index contributed by atoms with van der Waals surface area (Å²) in [7, 11) is -4.42. The van der Waals surface area contributed by atoms with Crippen molar-refractivity contribution in [2.24, 2.45) is 0 Å². The van der Waals surface area contributed by atoms with E-state index in [2.05, 4.69) is 45.4 Å². The fraction of sp³-hybridized carbons (Fsp3) is 0.727. The Morgan fingerprint density at radius 2 is 2.03 bits per heavy atom. The van der Waals surface area contributed by atoms with E-state index in [0.29, 0.717) is 12.2 Å². The molecule has 9 nitrogen and oxygen atoms in total. The predicted octanol–water partition coefficient (Wildman–Crippen LogP) is 4.57. The molecule has 1 unspecified atom stereocenters. The summed E-state index contributed by atoms with van der Waals surface area (Å²) in [6.45, 7) is 16.6. The minimum atomic E-state index is -2.35. The zero-order valence-electron chi connectivity index (χ0n) is 20.6. The first-order valence-corrected chi connectivity index (χ1v) is 15.4. The monoisotopic (exact) mass is 501 g/mol. The molecular weight excluding hydrogens is 463 g/mol. The Bertz CT molecular complexity index is 938. The Labute approximate surface area is 197 Å². The normalized spacial score (nSPS) is 21.9. The highest BCUT2D eigenvalue weighted by Gasteiger charge is 2.45. The average molecular weight is 502 g/mol. The van der Waals surface area contributed by atoms with Gasteiger partial charge in [0.15, 0.2) is 8.32 Å². The molecule has 1 aromatic heterocycles. The van der Waals surface area contributed by atoms with Gasteiger partial charge in [0.1, 0.15) is 25.0 Å². The fourth-order valence-corrected chi connectivity index (χ4v) is 4.91. The molecule has 186 valence electrons. The molecule has 2 heterocycles. The first kappa shape index (κ1) is 27.8. The fourth-order valence-electron chi connectivity index (χ4n) is 3.11. The molecule has 0 aromatic carbocycles. The number of rotatable bonds is 12. The van der Waals surface area contributed by atoms with E-state index in [0.717, 1.165) is 19.3 Å². The number of allylic oxidation sites excluding steroid dienone is 1. The number of nitrogens with one attached hydrogen (secondary N) is 1. The van der Waals surface area contributed by atoms with Crippen LogP contribution in [0, 0.1) is 6.92 Å². The Morgan fingerprint density at radius 3 is 2.67 bits per heavy atom. The summed E-state index contributed by atoms with van der Waals surface area (Å²) >= 11 is 0. The van der Waals surface area contributed by atoms with Crippen LogP contribution in [0.5, 0.6) is 0 Å². The number of nitrogens with zero attached hydrogens (tertiary/aromatic N) is 1. The SMILES string of the molecule is C=CCCCCO[P+](=O)O[C@H]1C[C@H](n2cc(C)c(=O)[nH]c2=O)O[C@@H]1CO[Si](C)(C)C(C)(C)C. The van der Waals surface area contributed by atoms with Crippen LogP contribution in [-0.4, -0.2) is 43.3 Å². The molecular formula is C22H38N2O7PSi+. The van der Waals surface area contributed by atoms with E-state index in [4.69, 9.17) is 18.2 Å². The van der Waals surface area contributed by atoms with Crippen molar-refractivity contribution >= 4 is 16.6 Å². The Morgan fingerprint density at radius 1 is 1.33 bits per heavy atom. The van der Waals surface area contributed by atoms with Crippen LogP contribution in [-0.2, 0) is 22.8 Å². The number of hydrogen-bond acceptors (Lipinski definition) is 7. The number of hydrogen-bond donors (Lipinski definition) is 1. The highest BCUT2D eigenvalue weighted by Crippen LogP contribution is 2.40. The molecule has 33 heavy (non-hydrogen) atoms. The van der Waals surface area contributed by atoms with Gasteiger partial charge < -0.3 is 9.16 Å². The topological polar surface area (TPSA) is 109 Å². The molecule has 0 amide bonds. The van der Waals surface area contributed by atoms with Crippen molar-refractivity contribution in [2.75, 3.05) is 13.2 Å². The Hall–Kier alpha value is -1.42. The lowest BCUT2D eigenvalue weighted by Crippen LogP contribution is -2.44. The predicted molar refractivity (Wildman–Crippen MR) is 130 cm³/mol. The summed E-state index contributed by atoms with van der Waals surface area (Å²) in [5.74, 6) is 0. The molecule has 0 spiro atoms. The minimum absolute atomic E-state index is 0.00796. The van der Waals surface area contributed by atoms with Crippen molar-refractivity contribution in [1.29, 1.82) is 0 Å². The molecule has 0 bridgehead atoms. The van der Waals surface area contributed by atoms with E-state index >= 15 is 0 Å². The van der Waals surface area contributed by atoms with E-state index in [1.54, 1.807) is 6.92 Å². The van der Waals surface area contributed by atoms with Crippen LogP contribution in [0.25, 0.3) is 0 Å². The Kier molecular flexibility index (Phi) is 9.96. The van der Waals surface area contributed by atoms with Gasteiger partial charge >= 0.3 is 13.9 Å². The molecule has 1 aliphatic rings. The highest BCUT2D eigenvalue weighted by atomic mass is 31.1. The lowest BCUT2D eigenvalue weighted by atomic mass is 10.2. The maximum Gasteiger partial charge on any atom is 0.697 e. The zero-order valence-corrected chi connectivity index (χ0v) is 22.5. The zero-order chi connectivity index (χ0) is 24.8. The third kappa shape index (κ3) is 7.80. The van der Waals surface area contributed by atoms with Crippen molar-refractivity contribution in [3.8, 4) is 0 Å². The van der Waals surface area contributed by atoms with Gasteiger partial charge in [0, 0.05) is 22.7 Å². The van der Waals surface area contributed by atoms with Gasteiger partial charge in [-0.3, -0.25) is 14.3 Å². The van der Waals surface area contributed by atoms with Gasteiger partial charge in [-0.15, -0.1) is 15.6 Å². The second kappa shape index (κ2) is 11.8. The second-order valence-corrected chi connectivity index (χ2v) is 15.6. The average Bonchev–Trinajstić information content (AvgIpc) is 3.10. The summed E-state index contributed by atoms with van der Waals surface area (Å²) in [5.41, 5.74) is -0.610. The molecule has 1 N–H and O–H groups in total. The molecule has 1 aliphatic heterocycles. The van der Waals surface area contributed by atoms with Gasteiger partial charge in [0.2, 0.25) is 0 Å². The van der Waals surface area contributed by atoms with E-state index < -0.39 is 46.3 Å². The highest BCUT2D eigenvalue weighted by molar-refractivity contribution is 7.33. The third-order valence-corrected chi connectivity index (χ3v) is 11.6. The maximum atomic E-state index is 12.4. The molecule has 1 aromatic rings. The quantitative estimate of drug-likeness (QED) is 0.193. The van der Waals surface area contributed by atoms with Crippen molar-refractivity contribution in [3.63, 3.8) is 0 Å². The second-order valence-electron chi connectivity index (χ2n) is 9.90. The Balaban J connectivity index is 2.12. The van der Waals surface area contributed by atoms with Crippen LogP contribution >= 0.6 is 8.25 Å². The van der Waals surface area contributed by atoms with Gasteiger partial charge in [-0.2, -0.15) is 0 Å². The number of ether oxygens (including phenoxy) is 1. The summed E-state index contributed by atoms with van der Waals surface area (Å²) in [4.78, 5) is 26.4. The maximum absolute atomic E-state index is 12.4. The third-order valence-electron chi connectivity index (χ3n) is 6.27. The van der Waals surface area contributed by atoms with E-state index in [9.17, 15) is 14.2 Å². The van der Waals surface area contributed by atoms with E-state index in [1.165, 1.54) is 10.8 Å². The summed E-state index contributed by atoms with van der Waals surface area (Å²) < 4.78 is 37.3. The lowest BCUT2D eigenvalue weighted by Gasteiger charge is -2.37. The van der Waals surface area contributed by atoms with Gasteiger partial charge in [-0.05, 0) is 44.3 Å². The van der Waals surface area contributed by atoms with Crippen molar-refractivity contribution in [3.05, 3.63) is 45.3 Å². The van der Waals surface area contributed by atoms with Crippen LogP contribution < -0.4 is 11.2 Å². The van der Waals surface area contributed by atoms with E-state index in [1.807, 2.05) is 6.08 Å². The van der Waals surface area contributed by atoms with Gasteiger partial charge in [0.25, 0.3) is 5.56 Å². The summed E-state index contributed by atoms with van der Waals surface area (Å²) in [5, 5.41) is 0.00796. The number of aromatic nitrogens is 2. The van der Waals surface area contributed by atoms with Crippen molar-refractivity contribution < 1.29 is 22.8 Å². The van der Waals surface area contributed by atoms with Gasteiger partial charge in [0.05, 0.1) is 6.61 Å². The van der Waals surface area contributed by atoms with Crippen LogP contribution in [0.3, 0.4) is 0 Å². The van der Waals surface area contributed by atoms with Crippen LogP contribution in [0.15, 0.2) is 28.4 Å². The molecule has 11 heteroatoms. The number of H-pyrrole nitrogens is 1. The van der Waals surface area contributed by atoms with Gasteiger partial charge in [-0.25, -0.2) is 4.79 Å². The number of aryl methyl sites for hydroxylation is 1. The molecule has 2 rings (SSSR count). The summed E-state index contributed by atoms with van der Waals surface area (Å²) in [6, 6.07) is 0. The molecule has 4 atom stereocenters. The minimum Gasteiger partial charge on any atom is -0.414 e. The van der Waals surface area contributed by atoms with Gasteiger partial charge in [-0.1, -0.05) is 26.8 Å². The smallest absolute Gasteiger partial charge is 0.414 e. The lowest BCUT2D eigenvalue weighted by molar-refractivity contribution is -0.0403. The summed E-state index contributed by atoms with van der Waals surface area (Å²) in [6.07, 6.45) is 4.31. The first-order chi connectivity index (χ1) is 15.4. The number of unbranched alkanes of at least 4 members (excludes halogenated alkanes) is 2. The largest absolute Gasteiger partial charge is 0.697 e. The standard InChI is InChI=1S/C22H37N2O7PSi/c1-8-9-10-11-12-28-32(27)31-17-13-19(24-14-16(2)20(25)23-21(24)26)30-18(17)15-29-33(6,7)22(3,4)5/h8,14,17-19H,1,9-13,15H2,2-7H3/p+1/t17-,18+,19+/m0/s1.